The number of ether oxygens (including phenoxy) is 1. The van der Waals surface area contributed by atoms with E-state index in [1.165, 1.54) is 24.3 Å². The molecule has 0 aliphatic heterocycles. The molecule has 0 atom stereocenters. The molecule has 1 fully saturated rings. The summed E-state index contributed by atoms with van der Waals surface area (Å²) in [4.78, 5) is 0. The SMILES string of the molecule is CCCCCOc1ccc(-c2ccc(C3CCC(CC)CC3)c(F)c2F)c(F)c1F. The molecule has 1 aliphatic rings. The van der Waals surface area contributed by atoms with Crippen LogP contribution in [0.2, 0.25) is 0 Å². The van der Waals surface area contributed by atoms with E-state index >= 15 is 0 Å². The average Bonchev–Trinajstić information content (AvgIpc) is 2.76. The van der Waals surface area contributed by atoms with E-state index in [-0.39, 0.29) is 29.4 Å². The Kier molecular flexibility index (Phi) is 7.79. The van der Waals surface area contributed by atoms with E-state index in [2.05, 4.69) is 6.92 Å². The standard InChI is InChI=1S/C25H30F4O/c1-3-5-6-15-30-21-14-13-20(24(28)25(21)29)19-12-11-18(22(26)23(19)27)17-9-7-16(4-2)8-10-17/h11-14,16-17H,3-10,15H2,1-2H3. The molecule has 2 aromatic carbocycles. The lowest BCUT2D eigenvalue weighted by Gasteiger charge is -2.28. The monoisotopic (exact) mass is 422 g/mol. The molecule has 0 unspecified atom stereocenters. The number of unbranched alkanes of at least 4 members (excludes halogenated alkanes) is 2. The third kappa shape index (κ3) is 4.81. The predicted molar refractivity (Wildman–Crippen MR) is 112 cm³/mol. The summed E-state index contributed by atoms with van der Waals surface area (Å²) in [5, 5.41) is 0. The van der Waals surface area contributed by atoms with Gasteiger partial charge >= 0.3 is 0 Å². The van der Waals surface area contributed by atoms with E-state index < -0.39 is 23.3 Å². The Labute approximate surface area is 176 Å². The van der Waals surface area contributed by atoms with Crippen LogP contribution in [0.25, 0.3) is 11.1 Å². The van der Waals surface area contributed by atoms with Crippen molar-refractivity contribution in [3.05, 3.63) is 53.1 Å². The molecule has 164 valence electrons. The second-order valence-electron chi connectivity index (χ2n) is 8.25. The third-order valence-corrected chi connectivity index (χ3v) is 6.32. The van der Waals surface area contributed by atoms with Crippen LogP contribution in [0.15, 0.2) is 24.3 Å². The minimum absolute atomic E-state index is 0.0307. The lowest BCUT2D eigenvalue weighted by Crippen LogP contribution is -2.14. The Hall–Kier alpha value is -2.04. The van der Waals surface area contributed by atoms with E-state index in [9.17, 15) is 17.6 Å². The van der Waals surface area contributed by atoms with Gasteiger partial charge in [-0.25, -0.2) is 13.2 Å². The van der Waals surface area contributed by atoms with Crippen molar-refractivity contribution in [1.82, 2.24) is 0 Å². The first-order chi connectivity index (χ1) is 14.5. The maximum absolute atomic E-state index is 14.9. The van der Waals surface area contributed by atoms with E-state index in [4.69, 9.17) is 4.74 Å². The van der Waals surface area contributed by atoms with Crippen LogP contribution in [0.1, 0.15) is 76.7 Å². The van der Waals surface area contributed by atoms with Gasteiger partial charge in [0.25, 0.3) is 0 Å². The minimum Gasteiger partial charge on any atom is -0.490 e. The summed E-state index contributed by atoms with van der Waals surface area (Å²) >= 11 is 0. The van der Waals surface area contributed by atoms with Crippen LogP contribution < -0.4 is 4.74 Å². The van der Waals surface area contributed by atoms with Crippen LogP contribution in [0.5, 0.6) is 5.75 Å². The van der Waals surface area contributed by atoms with Gasteiger partial charge in [-0.15, -0.1) is 0 Å². The molecule has 0 N–H and O–H groups in total. The summed E-state index contributed by atoms with van der Waals surface area (Å²) in [6.45, 7) is 4.46. The van der Waals surface area contributed by atoms with Crippen LogP contribution >= 0.6 is 0 Å². The highest BCUT2D eigenvalue weighted by Crippen LogP contribution is 2.40. The summed E-state index contributed by atoms with van der Waals surface area (Å²) in [7, 11) is 0. The molecule has 0 heterocycles. The Bertz CT molecular complexity index is 857. The third-order valence-electron chi connectivity index (χ3n) is 6.32. The number of halogens is 4. The lowest BCUT2D eigenvalue weighted by molar-refractivity contribution is 0.286. The maximum Gasteiger partial charge on any atom is 0.201 e. The fourth-order valence-corrected chi connectivity index (χ4v) is 4.35. The van der Waals surface area contributed by atoms with Crippen molar-refractivity contribution in [3.8, 4) is 16.9 Å². The molecular weight excluding hydrogens is 392 g/mol. The molecule has 1 aliphatic carbocycles. The van der Waals surface area contributed by atoms with Crippen molar-refractivity contribution >= 4 is 0 Å². The molecule has 3 rings (SSSR count). The highest BCUT2D eigenvalue weighted by atomic mass is 19.2. The maximum atomic E-state index is 14.9. The van der Waals surface area contributed by atoms with Crippen molar-refractivity contribution in [2.75, 3.05) is 6.61 Å². The highest BCUT2D eigenvalue weighted by Gasteiger charge is 2.27. The summed E-state index contributed by atoms with van der Waals surface area (Å²) < 4.78 is 64.0. The van der Waals surface area contributed by atoms with Gasteiger partial charge in [0.2, 0.25) is 5.82 Å². The average molecular weight is 423 g/mol. The Morgan fingerprint density at radius 2 is 1.40 bits per heavy atom. The summed E-state index contributed by atoms with van der Waals surface area (Å²) in [5.41, 5.74) is -0.235. The minimum atomic E-state index is -1.22. The van der Waals surface area contributed by atoms with Crippen LogP contribution in [0.4, 0.5) is 17.6 Å². The fourth-order valence-electron chi connectivity index (χ4n) is 4.35. The zero-order valence-corrected chi connectivity index (χ0v) is 17.7. The van der Waals surface area contributed by atoms with Crippen LogP contribution in [-0.2, 0) is 0 Å². The van der Waals surface area contributed by atoms with Crippen molar-refractivity contribution in [2.24, 2.45) is 5.92 Å². The van der Waals surface area contributed by atoms with Gasteiger partial charge in [-0.05, 0) is 61.6 Å². The van der Waals surface area contributed by atoms with Crippen LogP contribution in [0, 0.1) is 29.2 Å². The summed E-state index contributed by atoms with van der Waals surface area (Å²) in [5.74, 6) is -4.07. The van der Waals surface area contributed by atoms with Crippen LogP contribution in [-0.4, -0.2) is 6.61 Å². The largest absolute Gasteiger partial charge is 0.490 e. The van der Waals surface area contributed by atoms with E-state index in [0.717, 1.165) is 51.4 Å². The van der Waals surface area contributed by atoms with Crippen molar-refractivity contribution in [2.45, 2.75) is 71.1 Å². The first-order valence-corrected chi connectivity index (χ1v) is 11.1. The van der Waals surface area contributed by atoms with Crippen LogP contribution in [0.3, 0.4) is 0 Å². The van der Waals surface area contributed by atoms with Gasteiger partial charge in [-0.1, -0.05) is 45.2 Å². The number of rotatable bonds is 8. The molecule has 5 heteroatoms. The van der Waals surface area contributed by atoms with Gasteiger partial charge in [0, 0.05) is 11.1 Å². The first kappa shape index (κ1) is 22.6. The van der Waals surface area contributed by atoms with Crippen molar-refractivity contribution < 1.29 is 22.3 Å². The van der Waals surface area contributed by atoms with Crippen molar-refractivity contribution in [1.29, 1.82) is 0 Å². The molecule has 2 aromatic rings. The van der Waals surface area contributed by atoms with Gasteiger partial charge in [0.1, 0.15) is 0 Å². The summed E-state index contributed by atoms with van der Waals surface area (Å²) in [6, 6.07) is 5.41. The van der Waals surface area contributed by atoms with Gasteiger partial charge < -0.3 is 4.74 Å². The summed E-state index contributed by atoms with van der Waals surface area (Å²) in [6.07, 6.45) is 7.40. The lowest BCUT2D eigenvalue weighted by atomic mass is 9.77. The van der Waals surface area contributed by atoms with Gasteiger partial charge in [-0.3, -0.25) is 0 Å². The Morgan fingerprint density at radius 3 is 2.03 bits per heavy atom. The fraction of sp³-hybridized carbons (Fsp3) is 0.520. The zero-order valence-electron chi connectivity index (χ0n) is 17.7. The second-order valence-corrected chi connectivity index (χ2v) is 8.25. The zero-order chi connectivity index (χ0) is 21.7. The van der Waals surface area contributed by atoms with Gasteiger partial charge in [-0.2, -0.15) is 4.39 Å². The number of hydrogen-bond donors (Lipinski definition) is 0. The van der Waals surface area contributed by atoms with Crippen molar-refractivity contribution in [3.63, 3.8) is 0 Å². The van der Waals surface area contributed by atoms with Gasteiger partial charge in [0.15, 0.2) is 23.2 Å². The number of hydrogen-bond acceptors (Lipinski definition) is 1. The Balaban J connectivity index is 1.82. The molecule has 0 saturated heterocycles. The molecule has 30 heavy (non-hydrogen) atoms. The Morgan fingerprint density at radius 1 is 0.767 bits per heavy atom. The molecule has 0 spiro atoms. The van der Waals surface area contributed by atoms with Gasteiger partial charge in [0.05, 0.1) is 6.61 Å². The molecule has 1 saturated carbocycles. The smallest absolute Gasteiger partial charge is 0.201 e. The molecule has 0 aromatic heterocycles. The topological polar surface area (TPSA) is 9.23 Å². The normalized spacial score (nSPS) is 19.1. The first-order valence-electron chi connectivity index (χ1n) is 11.1. The van der Waals surface area contributed by atoms with E-state index in [0.29, 0.717) is 11.5 Å². The molecule has 1 nitrogen and oxygen atoms in total. The van der Waals surface area contributed by atoms with E-state index in [1.54, 1.807) is 0 Å². The molecule has 0 bridgehead atoms. The van der Waals surface area contributed by atoms with E-state index in [1.807, 2.05) is 6.92 Å². The molecule has 0 radical (unpaired) electrons. The second kappa shape index (κ2) is 10.3. The molecule has 0 amide bonds. The number of benzene rings is 2. The molecular formula is C25H30F4O. The predicted octanol–water partition coefficient (Wildman–Crippen LogP) is 8.16. The highest BCUT2D eigenvalue weighted by molar-refractivity contribution is 5.66. The quantitative estimate of drug-likeness (QED) is 0.308.